The van der Waals surface area contributed by atoms with E-state index in [-0.39, 0.29) is 12.0 Å². The second-order valence-electron chi connectivity index (χ2n) is 5.48. The Bertz CT molecular complexity index is 400. The van der Waals surface area contributed by atoms with Gasteiger partial charge >= 0.3 is 0 Å². The molecule has 1 aliphatic carbocycles. The molecule has 5 nitrogen and oxygen atoms in total. The van der Waals surface area contributed by atoms with Crippen LogP contribution >= 0.6 is 0 Å². The molecular formula is C14H24N4O. The highest BCUT2D eigenvalue weighted by molar-refractivity contribution is 5.37. The monoisotopic (exact) mass is 264 g/mol. The number of rotatable bonds is 4. The first-order valence-electron chi connectivity index (χ1n) is 7.21. The van der Waals surface area contributed by atoms with E-state index < -0.39 is 0 Å². The molecule has 0 aliphatic heterocycles. The molecule has 0 radical (unpaired) electrons. The number of nitrogens with zero attached hydrogens (tertiary/aromatic N) is 2. The summed E-state index contributed by atoms with van der Waals surface area (Å²) >= 11 is 0. The van der Waals surface area contributed by atoms with Crippen molar-refractivity contribution in [3.8, 4) is 5.88 Å². The molecule has 106 valence electrons. The van der Waals surface area contributed by atoms with Crippen LogP contribution in [0.1, 0.15) is 64.1 Å². The molecule has 3 N–H and O–H groups in total. The van der Waals surface area contributed by atoms with E-state index in [0.29, 0.717) is 11.7 Å². The Balaban J connectivity index is 2.11. The topological polar surface area (TPSA) is 73.1 Å². The lowest BCUT2D eigenvalue weighted by atomic mass is 10.1. The largest absolute Gasteiger partial charge is 0.474 e. The Kier molecular flexibility index (Phi) is 4.96. The summed E-state index contributed by atoms with van der Waals surface area (Å²) < 4.78 is 6.02. The van der Waals surface area contributed by atoms with Gasteiger partial charge in [0.25, 0.3) is 0 Å². The third-order valence-electron chi connectivity index (χ3n) is 3.47. The quantitative estimate of drug-likeness (QED) is 0.497. The maximum Gasteiger partial charge on any atom is 0.219 e. The fourth-order valence-corrected chi connectivity index (χ4v) is 2.37. The minimum atomic E-state index is 0.254. The van der Waals surface area contributed by atoms with E-state index in [1.165, 1.54) is 25.7 Å². The minimum absolute atomic E-state index is 0.254. The van der Waals surface area contributed by atoms with Gasteiger partial charge in [-0.3, -0.25) is 0 Å². The smallest absolute Gasteiger partial charge is 0.219 e. The van der Waals surface area contributed by atoms with Crippen LogP contribution < -0.4 is 16.0 Å². The molecule has 1 aromatic rings. The number of aromatic nitrogens is 2. The van der Waals surface area contributed by atoms with Crippen molar-refractivity contribution in [1.29, 1.82) is 0 Å². The maximum atomic E-state index is 6.02. The first-order chi connectivity index (χ1) is 9.19. The van der Waals surface area contributed by atoms with Gasteiger partial charge in [-0.2, -0.15) is 4.98 Å². The lowest BCUT2D eigenvalue weighted by Gasteiger charge is -2.17. The van der Waals surface area contributed by atoms with E-state index in [2.05, 4.69) is 29.2 Å². The molecule has 19 heavy (non-hydrogen) atoms. The molecule has 1 aliphatic rings. The van der Waals surface area contributed by atoms with E-state index in [9.17, 15) is 0 Å². The fourth-order valence-electron chi connectivity index (χ4n) is 2.37. The Morgan fingerprint density at radius 1 is 1.21 bits per heavy atom. The summed E-state index contributed by atoms with van der Waals surface area (Å²) in [6.45, 7) is 4.12. The Morgan fingerprint density at radius 2 is 1.89 bits per heavy atom. The van der Waals surface area contributed by atoms with Gasteiger partial charge in [0.1, 0.15) is 17.7 Å². The van der Waals surface area contributed by atoms with E-state index in [4.69, 9.17) is 10.6 Å². The molecular weight excluding hydrogens is 240 g/mol. The lowest BCUT2D eigenvalue weighted by molar-refractivity contribution is 0.175. The minimum Gasteiger partial charge on any atom is -0.474 e. The van der Waals surface area contributed by atoms with Crippen LogP contribution in [0.5, 0.6) is 5.88 Å². The summed E-state index contributed by atoms with van der Waals surface area (Å²) in [6, 6.07) is 1.77. The van der Waals surface area contributed by atoms with Gasteiger partial charge in [-0.15, -0.1) is 0 Å². The summed E-state index contributed by atoms with van der Waals surface area (Å²) in [7, 11) is 0. The van der Waals surface area contributed by atoms with Crippen LogP contribution in [-0.2, 0) is 0 Å². The van der Waals surface area contributed by atoms with Crippen LogP contribution in [0.15, 0.2) is 6.07 Å². The second kappa shape index (κ2) is 6.70. The summed E-state index contributed by atoms with van der Waals surface area (Å²) in [4.78, 5) is 8.81. The van der Waals surface area contributed by atoms with Gasteiger partial charge in [0.15, 0.2) is 0 Å². The molecule has 0 aromatic carbocycles. The van der Waals surface area contributed by atoms with E-state index in [0.717, 1.165) is 18.7 Å². The molecule has 0 amide bonds. The predicted molar refractivity (Wildman–Crippen MR) is 76.0 cm³/mol. The number of nitrogen functional groups attached to an aromatic ring is 1. The second-order valence-corrected chi connectivity index (χ2v) is 5.48. The number of nitrogens with one attached hydrogen (secondary N) is 1. The van der Waals surface area contributed by atoms with E-state index in [1.54, 1.807) is 6.07 Å². The normalized spacial score (nSPS) is 17.3. The fraction of sp³-hybridized carbons (Fsp3) is 0.714. The Labute approximate surface area is 114 Å². The summed E-state index contributed by atoms with van der Waals surface area (Å²) in [5.41, 5.74) is 2.58. The van der Waals surface area contributed by atoms with Gasteiger partial charge in [0.05, 0.1) is 0 Å². The Morgan fingerprint density at radius 3 is 2.47 bits per heavy atom. The highest BCUT2D eigenvalue weighted by atomic mass is 16.5. The number of anilines is 1. The molecule has 5 heteroatoms. The van der Waals surface area contributed by atoms with Crippen molar-refractivity contribution < 1.29 is 4.74 Å². The first kappa shape index (κ1) is 14.1. The van der Waals surface area contributed by atoms with Crippen LogP contribution in [0.2, 0.25) is 0 Å². The van der Waals surface area contributed by atoms with Gasteiger partial charge in [-0.25, -0.2) is 10.8 Å². The van der Waals surface area contributed by atoms with Crippen molar-refractivity contribution in [2.75, 3.05) is 5.43 Å². The van der Waals surface area contributed by atoms with Gasteiger partial charge in [0.2, 0.25) is 5.88 Å². The van der Waals surface area contributed by atoms with Crippen LogP contribution in [0.4, 0.5) is 5.82 Å². The van der Waals surface area contributed by atoms with Crippen molar-refractivity contribution in [1.82, 2.24) is 9.97 Å². The molecule has 0 saturated heterocycles. The summed E-state index contributed by atoms with van der Waals surface area (Å²) in [5.74, 6) is 7.72. The highest BCUT2D eigenvalue weighted by Crippen LogP contribution is 2.24. The standard InChI is InChI=1S/C14H24N4O/c1-10(2)14-16-12(18-15)9-13(17-14)19-11-7-5-3-4-6-8-11/h9-11H,3-8,15H2,1-2H3,(H,16,17,18). The number of hydrazine groups is 1. The van der Waals surface area contributed by atoms with Crippen molar-refractivity contribution >= 4 is 5.82 Å². The zero-order valence-electron chi connectivity index (χ0n) is 11.9. The molecule has 0 atom stereocenters. The average Bonchev–Trinajstić information content (AvgIpc) is 2.67. The zero-order chi connectivity index (χ0) is 13.7. The summed E-state index contributed by atoms with van der Waals surface area (Å²) in [5, 5.41) is 0. The molecule has 1 fully saturated rings. The molecule has 1 aromatic heterocycles. The van der Waals surface area contributed by atoms with Gasteiger partial charge < -0.3 is 10.2 Å². The van der Waals surface area contributed by atoms with Crippen molar-refractivity contribution in [2.24, 2.45) is 5.84 Å². The number of hydrogen-bond donors (Lipinski definition) is 2. The van der Waals surface area contributed by atoms with E-state index in [1.807, 2.05) is 0 Å². The van der Waals surface area contributed by atoms with E-state index >= 15 is 0 Å². The van der Waals surface area contributed by atoms with Crippen LogP contribution in [0, 0.1) is 0 Å². The molecule has 0 spiro atoms. The van der Waals surface area contributed by atoms with Gasteiger partial charge in [-0.05, 0) is 25.7 Å². The molecule has 1 heterocycles. The number of nitrogens with two attached hydrogens (primary N) is 1. The number of hydrogen-bond acceptors (Lipinski definition) is 5. The van der Waals surface area contributed by atoms with Crippen LogP contribution in [0.25, 0.3) is 0 Å². The first-order valence-corrected chi connectivity index (χ1v) is 7.21. The van der Waals surface area contributed by atoms with Gasteiger partial charge in [0, 0.05) is 12.0 Å². The van der Waals surface area contributed by atoms with Crippen molar-refractivity contribution in [3.05, 3.63) is 11.9 Å². The predicted octanol–water partition coefficient (Wildman–Crippen LogP) is 2.99. The van der Waals surface area contributed by atoms with Crippen molar-refractivity contribution in [3.63, 3.8) is 0 Å². The molecule has 1 saturated carbocycles. The van der Waals surface area contributed by atoms with Crippen molar-refractivity contribution in [2.45, 2.75) is 64.4 Å². The summed E-state index contributed by atoms with van der Waals surface area (Å²) in [6.07, 6.45) is 7.64. The van der Waals surface area contributed by atoms with Crippen LogP contribution in [0.3, 0.4) is 0 Å². The van der Waals surface area contributed by atoms with Gasteiger partial charge in [-0.1, -0.05) is 26.7 Å². The third kappa shape index (κ3) is 4.06. The molecule has 2 rings (SSSR count). The maximum absolute atomic E-state index is 6.02. The van der Waals surface area contributed by atoms with Crippen LogP contribution in [-0.4, -0.2) is 16.1 Å². The average molecular weight is 264 g/mol. The third-order valence-corrected chi connectivity index (χ3v) is 3.47. The lowest BCUT2D eigenvalue weighted by Crippen LogP contribution is -2.18. The number of ether oxygens (including phenoxy) is 1. The molecule has 0 bridgehead atoms. The zero-order valence-corrected chi connectivity index (χ0v) is 11.9. The molecule has 0 unspecified atom stereocenters. The Hall–Kier alpha value is -1.36. The highest BCUT2D eigenvalue weighted by Gasteiger charge is 2.16. The SMILES string of the molecule is CC(C)c1nc(NN)cc(OC2CCCCCC2)n1.